The van der Waals surface area contributed by atoms with E-state index in [9.17, 15) is 4.79 Å². The molecule has 31 heavy (non-hydrogen) atoms. The van der Waals surface area contributed by atoms with Crippen LogP contribution in [0.5, 0.6) is 0 Å². The zero-order valence-corrected chi connectivity index (χ0v) is 21.6. The monoisotopic (exact) mass is 546 g/mol. The molecule has 0 spiro atoms. The summed E-state index contributed by atoms with van der Waals surface area (Å²) in [5, 5.41) is 7.50. The van der Waals surface area contributed by atoms with Crippen LogP contribution >= 0.6 is 24.0 Å². The summed E-state index contributed by atoms with van der Waals surface area (Å²) in [6.07, 6.45) is 4.79. The van der Waals surface area contributed by atoms with Gasteiger partial charge in [-0.05, 0) is 25.7 Å². The average molecular weight is 546 g/mol. The molecule has 0 aromatic carbocycles. The summed E-state index contributed by atoms with van der Waals surface area (Å²) in [4.78, 5) is 24.0. The zero-order chi connectivity index (χ0) is 21.3. The van der Waals surface area contributed by atoms with Crippen molar-refractivity contribution in [2.45, 2.75) is 58.9 Å². The molecule has 176 valence electrons. The molecule has 3 rings (SSSR count). The lowest BCUT2D eigenvalue weighted by Crippen LogP contribution is -2.54. The van der Waals surface area contributed by atoms with Crippen molar-refractivity contribution in [2.24, 2.45) is 4.99 Å². The molecule has 1 aromatic heterocycles. The number of nitrogens with one attached hydrogen (secondary N) is 1. The van der Waals surface area contributed by atoms with Crippen molar-refractivity contribution in [3.05, 3.63) is 17.5 Å². The first-order valence-electron chi connectivity index (χ1n) is 11.6. The number of carbonyl (C=O) groups excluding carboxylic acids is 1. The number of hydrogen-bond donors (Lipinski definition) is 1. The van der Waals surface area contributed by atoms with Crippen LogP contribution in [0.25, 0.3) is 0 Å². The van der Waals surface area contributed by atoms with Crippen LogP contribution in [0.1, 0.15) is 63.8 Å². The fourth-order valence-corrected chi connectivity index (χ4v) is 3.98. The van der Waals surface area contributed by atoms with E-state index >= 15 is 0 Å². The van der Waals surface area contributed by atoms with Gasteiger partial charge in [-0.25, -0.2) is 4.99 Å². The van der Waals surface area contributed by atoms with Gasteiger partial charge in [0.15, 0.2) is 11.7 Å². The van der Waals surface area contributed by atoms with Gasteiger partial charge in [0, 0.05) is 51.9 Å². The number of aromatic nitrogens is 1. The Balaban J connectivity index is 0.00000341. The van der Waals surface area contributed by atoms with E-state index in [0.717, 1.165) is 76.1 Å². The predicted octanol–water partition coefficient (Wildman–Crippen LogP) is 2.90. The molecule has 1 aromatic rings. The molecule has 0 aliphatic carbocycles. The van der Waals surface area contributed by atoms with Crippen molar-refractivity contribution in [2.75, 3.05) is 52.4 Å². The Bertz CT molecular complexity index is 692. The normalized spacial score (nSPS) is 18.6. The molecule has 2 saturated heterocycles. The molecular weight excluding hydrogens is 507 g/mol. The summed E-state index contributed by atoms with van der Waals surface area (Å²) in [5.74, 6) is 2.33. The van der Waals surface area contributed by atoms with Crippen molar-refractivity contribution < 1.29 is 9.32 Å². The minimum atomic E-state index is 0. The third kappa shape index (κ3) is 7.93. The molecule has 1 N–H and O–H groups in total. The van der Waals surface area contributed by atoms with E-state index in [-0.39, 0.29) is 29.9 Å². The van der Waals surface area contributed by atoms with Crippen LogP contribution in [0, 0.1) is 0 Å². The van der Waals surface area contributed by atoms with Gasteiger partial charge < -0.3 is 19.6 Å². The van der Waals surface area contributed by atoms with Crippen molar-refractivity contribution in [1.82, 2.24) is 25.2 Å². The molecular formula is C22H39IN6O2. The molecule has 1 amide bonds. The van der Waals surface area contributed by atoms with E-state index in [1.165, 1.54) is 12.8 Å². The number of carbonyl (C=O) groups is 1. The molecule has 8 nitrogen and oxygen atoms in total. The maximum atomic E-state index is 12.7. The molecule has 3 heterocycles. The molecule has 2 fully saturated rings. The maximum absolute atomic E-state index is 12.7. The lowest BCUT2D eigenvalue weighted by molar-refractivity contribution is -0.132. The molecule has 0 radical (unpaired) electrons. The van der Waals surface area contributed by atoms with Crippen LogP contribution in [-0.2, 0) is 11.3 Å². The Morgan fingerprint density at radius 2 is 1.77 bits per heavy atom. The highest BCUT2D eigenvalue weighted by molar-refractivity contribution is 14.0. The summed E-state index contributed by atoms with van der Waals surface area (Å²) in [6.45, 7) is 13.5. The van der Waals surface area contributed by atoms with Gasteiger partial charge in [-0.3, -0.25) is 9.69 Å². The SMILES string of the molecule is CCNC(=NCc1cc(C(C)C)no1)N1CCN(CC(=O)N2CCCCCC2)CC1.I. The van der Waals surface area contributed by atoms with Gasteiger partial charge >= 0.3 is 0 Å². The lowest BCUT2D eigenvalue weighted by Gasteiger charge is -2.37. The summed E-state index contributed by atoms with van der Waals surface area (Å²) in [7, 11) is 0. The van der Waals surface area contributed by atoms with Crippen LogP contribution < -0.4 is 5.32 Å². The first-order valence-corrected chi connectivity index (χ1v) is 11.6. The number of nitrogens with zero attached hydrogens (tertiary/aromatic N) is 5. The number of hydrogen-bond acceptors (Lipinski definition) is 5. The van der Waals surface area contributed by atoms with E-state index in [0.29, 0.717) is 19.0 Å². The predicted molar refractivity (Wildman–Crippen MR) is 134 cm³/mol. The van der Waals surface area contributed by atoms with Gasteiger partial charge in [-0.15, -0.1) is 24.0 Å². The average Bonchev–Trinajstić information content (AvgIpc) is 3.05. The number of piperazine rings is 1. The topological polar surface area (TPSA) is 77.2 Å². The van der Waals surface area contributed by atoms with Crippen molar-refractivity contribution >= 4 is 35.8 Å². The van der Waals surface area contributed by atoms with Crippen LogP contribution in [0.4, 0.5) is 0 Å². The lowest BCUT2D eigenvalue weighted by atomic mass is 10.1. The fraction of sp³-hybridized carbons (Fsp3) is 0.773. The molecule has 0 atom stereocenters. The van der Waals surface area contributed by atoms with Gasteiger partial charge in [0.25, 0.3) is 0 Å². The van der Waals surface area contributed by atoms with Crippen molar-refractivity contribution in [1.29, 1.82) is 0 Å². The van der Waals surface area contributed by atoms with Gasteiger partial charge in [0.05, 0.1) is 12.2 Å². The molecule has 2 aliphatic heterocycles. The minimum Gasteiger partial charge on any atom is -0.359 e. The van der Waals surface area contributed by atoms with Gasteiger partial charge in [0.1, 0.15) is 6.54 Å². The number of aliphatic imine (C=N–C) groups is 1. The van der Waals surface area contributed by atoms with E-state index in [4.69, 9.17) is 9.52 Å². The number of halogens is 1. The number of rotatable bonds is 6. The second-order valence-electron chi connectivity index (χ2n) is 8.60. The Morgan fingerprint density at radius 1 is 1.10 bits per heavy atom. The fourth-order valence-electron chi connectivity index (χ4n) is 3.98. The van der Waals surface area contributed by atoms with Gasteiger partial charge in [0.2, 0.25) is 5.91 Å². The highest BCUT2D eigenvalue weighted by Crippen LogP contribution is 2.15. The first kappa shape index (κ1) is 25.9. The summed E-state index contributed by atoms with van der Waals surface area (Å²) in [6, 6.07) is 1.99. The summed E-state index contributed by atoms with van der Waals surface area (Å²) < 4.78 is 5.42. The standard InChI is InChI=1S/C22H38N6O2.HI/c1-4-23-22(24-16-19-15-20(18(2)3)25-30-19)28-13-11-26(12-14-28)17-21(29)27-9-7-5-6-8-10-27;/h15,18H,4-14,16-17H2,1-3H3,(H,23,24);1H. The second-order valence-corrected chi connectivity index (χ2v) is 8.60. The quantitative estimate of drug-likeness (QED) is 0.336. The van der Waals surface area contributed by atoms with Gasteiger partial charge in [-0.2, -0.15) is 0 Å². The molecule has 9 heteroatoms. The van der Waals surface area contributed by atoms with Crippen LogP contribution in [0.3, 0.4) is 0 Å². The molecule has 0 bridgehead atoms. The van der Waals surface area contributed by atoms with E-state index in [2.05, 4.69) is 45.9 Å². The Hall–Kier alpha value is -1.36. The highest BCUT2D eigenvalue weighted by Gasteiger charge is 2.23. The molecule has 0 unspecified atom stereocenters. The van der Waals surface area contributed by atoms with Crippen LogP contribution in [0.15, 0.2) is 15.6 Å². The van der Waals surface area contributed by atoms with E-state index in [1.807, 2.05) is 6.07 Å². The molecule has 0 saturated carbocycles. The van der Waals surface area contributed by atoms with E-state index < -0.39 is 0 Å². The van der Waals surface area contributed by atoms with Crippen molar-refractivity contribution in [3.63, 3.8) is 0 Å². The smallest absolute Gasteiger partial charge is 0.236 e. The van der Waals surface area contributed by atoms with E-state index in [1.54, 1.807) is 0 Å². The number of amides is 1. The third-order valence-electron chi connectivity index (χ3n) is 5.88. The maximum Gasteiger partial charge on any atom is 0.236 e. The molecule has 2 aliphatic rings. The minimum absolute atomic E-state index is 0. The van der Waals surface area contributed by atoms with Crippen LogP contribution in [0.2, 0.25) is 0 Å². The Labute approximate surface area is 203 Å². The number of guanidine groups is 1. The summed E-state index contributed by atoms with van der Waals surface area (Å²) >= 11 is 0. The van der Waals surface area contributed by atoms with Gasteiger partial charge in [-0.1, -0.05) is 31.8 Å². The second kappa shape index (κ2) is 13.2. The Kier molecular flexibility index (Phi) is 11.1. The van der Waals surface area contributed by atoms with Crippen LogP contribution in [-0.4, -0.2) is 84.1 Å². The highest BCUT2D eigenvalue weighted by atomic mass is 127. The largest absolute Gasteiger partial charge is 0.359 e. The Morgan fingerprint density at radius 3 is 2.35 bits per heavy atom. The summed E-state index contributed by atoms with van der Waals surface area (Å²) in [5.41, 5.74) is 0.966. The van der Waals surface area contributed by atoms with Crippen molar-refractivity contribution in [3.8, 4) is 0 Å². The zero-order valence-electron chi connectivity index (χ0n) is 19.3. The number of likely N-dealkylation sites (tertiary alicyclic amines) is 1. The first-order chi connectivity index (χ1) is 14.6. The third-order valence-corrected chi connectivity index (χ3v) is 5.88.